The first-order chi connectivity index (χ1) is 13.6. The highest BCUT2D eigenvalue weighted by Crippen LogP contribution is 2.22. The lowest BCUT2D eigenvalue weighted by Crippen LogP contribution is -2.23. The molecule has 3 rings (SSSR count). The van der Waals surface area contributed by atoms with Gasteiger partial charge in [0.05, 0.1) is 28.8 Å². The quantitative estimate of drug-likeness (QED) is 0.481. The van der Waals surface area contributed by atoms with Gasteiger partial charge >= 0.3 is 0 Å². The molecule has 1 aromatic carbocycles. The maximum absolute atomic E-state index is 12.0. The Labute approximate surface area is 172 Å². The number of nitrogens with zero attached hydrogens (tertiary/aromatic N) is 3. The van der Waals surface area contributed by atoms with Gasteiger partial charge in [-0.15, -0.1) is 0 Å². The molecule has 8 heteroatoms. The average molecular weight is 414 g/mol. The fourth-order valence-electron chi connectivity index (χ4n) is 2.34. The number of amides is 1. The first-order valence-corrected chi connectivity index (χ1v) is 9.25. The van der Waals surface area contributed by atoms with Gasteiger partial charge in [0.25, 0.3) is 5.91 Å². The summed E-state index contributed by atoms with van der Waals surface area (Å²) in [6, 6.07) is 12.3. The predicted molar refractivity (Wildman–Crippen MR) is 110 cm³/mol. The maximum atomic E-state index is 12.0. The highest BCUT2D eigenvalue weighted by atomic mass is 35.5. The van der Waals surface area contributed by atoms with Gasteiger partial charge in [0.2, 0.25) is 0 Å². The van der Waals surface area contributed by atoms with Crippen LogP contribution in [0.2, 0.25) is 10.0 Å². The van der Waals surface area contributed by atoms with Crippen LogP contribution < -0.4 is 10.6 Å². The molecule has 142 valence electrons. The Morgan fingerprint density at radius 3 is 2.71 bits per heavy atom. The first-order valence-electron chi connectivity index (χ1n) is 8.49. The molecule has 1 amide bonds. The number of carbonyl (C=O) groups excluding carboxylic acids is 1. The van der Waals surface area contributed by atoms with Crippen molar-refractivity contribution in [2.75, 3.05) is 13.1 Å². The molecule has 0 fully saturated rings. The largest absolute Gasteiger partial charge is 0.341 e. The van der Waals surface area contributed by atoms with Gasteiger partial charge < -0.3 is 10.6 Å². The third kappa shape index (κ3) is 5.57. The van der Waals surface area contributed by atoms with Crippen molar-refractivity contribution in [1.29, 1.82) is 0 Å². The molecule has 2 N–H and O–H groups in total. The number of pyridine rings is 1. The Bertz CT molecular complexity index is 1010. The summed E-state index contributed by atoms with van der Waals surface area (Å²) in [5.41, 5.74) is 1.33. The second-order valence-corrected chi connectivity index (χ2v) is 6.52. The van der Waals surface area contributed by atoms with E-state index in [1.807, 2.05) is 30.5 Å². The summed E-state index contributed by atoms with van der Waals surface area (Å²) in [6.07, 6.45) is 3.56. The van der Waals surface area contributed by atoms with E-state index in [0.717, 1.165) is 11.5 Å². The van der Waals surface area contributed by atoms with E-state index in [-0.39, 0.29) is 12.5 Å². The number of halogens is 2. The van der Waals surface area contributed by atoms with Crippen LogP contribution in [0.3, 0.4) is 0 Å². The van der Waals surface area contributed by atoms with Gasteiger partial charge in [-0.1, -0.05) is 41.1 Å². The number of rotatable bonds is 6. The molecule has 0 aliphatic heterocycles. The molecule has 0 unspecified atom stereocenters. The van der Waals surface area contributed by atoms with Gasteiger partial charge in [0.1, 0.15) is 0 Å². The highest BCUT2D eigenvalue weighted by molar-refractivity contribution is 6.42. The van der Waals surface area contributed by atoms with Crippen LogP contribution in [0.1, 0.15) is 16.1 Å². The van der Waals surface area contributed by atoms with Crippen molar-refractivity contribution in [3.8, 4) is 17.7 Å². The van der Waals surface area contributed by atoms with Crippen LogP contribution >= 0.6 is 23.2 Å². The summed E-state index contributed by atoms with van der Waals surface area (Å²) in [5.74, 6) is 6.37. The summed E-state index contributed by atoms with van der Waals surface area (Å²) in [4.78, 5) is 16.5. The molecule has 3 aromatic rings. The zero-order valence-corrected chi connectivity index (χ0v) is 16.3. The first kappa shape index (κ1) is 19.9. The van der Waals surface area contributed by atoms with E-state index in [9.17, 15) is 4.79 Å². The van der Waals surface area contributed by atoms with Crippen LogP contribution in [-0.4, -0.2) is 33.8 Å². The van der Waals surface area contributed by atoms with Crippen LogP contribution in [0.5, 0.6) is 0 Å². The standard InChI is InChI=1S/C20H17Cl2N5O/c21-17-8-7-15(13-18(17)22)20(28)24-10-2-1-9-23-14-16-5-3-6-19(26-16)27-12-4-11-25-27/h3-8,11-13,23H,9-10,14H2,(H,24,28). The minimum atomic E-state index is -0.250. The molecular formula is C20H17Cl2N5O. The average Bonchev–Trinajstić information content (AvgIpc) is 3.24. The Morgan fingerprint density at radius 1 is 1.07 bits per heavy atom. The molecule has 0 radical (unpaired) electrons. The van der Waals surface area contributed by atoms with Gasteiger partial charge in [-0.2, -0.15) is 5.10 Å². The Morgan fingerprint density at radius 2 is 1.93 bits per heavy atom. The minimum absolute atomic E-state index is 0.244. The smallest absolute Gasteiger partial charge is 0.252 e. The number of nitrogens with one attached hydrogen (secondary N) is 2. The van der Waals surface area contributed by atoms with E-state index >= 15 is 0 Å². The Hall–Kier alpha value is -2.85. The van der Waals surface area contributed by atoms with Crippen LogP contribution in [0.4, 0.5) is 0 Å². The zero-order chi connectivity index (χ0) is 19.8. The SMILES string of the molecule is O=C(NCC#CCNCc1cccc(-n2cccn2)n1)c1ccc(Cl)c(Cl)c1. The number of aromatic nitrogens is 3. The van der Waals surface area contributed by atoms with Crippen molar-refractivity contribution < 1.29 is 4.79 Å². The molecule has 0 aliphatic carbocycles. The molecule has 0 saturated heterocycles. The Kier molecular flexibility index (Phi) is 7.04. The lowest BCUT2D eigenvalue weighted by Gasteiger charge is -2.04. The van der Waals surface area contributed by atoms with E-state index in [0.29, 0.717) is 28.7 Å². The molecular weight excluding hydrogens is 397 g/mol. The van der Waals surface area contributed by atoms with E-state index in [1.54, 1.807) is 23.0 Å². The second-order valence-electron chi connectivity index (χ2n) is 5.71. The molecule has 6 nitrogen and oxygen atoms in total. The van der Waals surface area contributed by atoms with Gasteiger partial charge in [-0.3, -0.25) is 4.79 Å². The monoisotopic (exact) mass is 413 g/mol. The number of benzene rings is 1. The van der Waals surface area contributed by atoms with Crippen molar-refractivity contribution in [1.82, 2.24) is 25.4 Å². The fourth-order valence-corrected chi connectivity index (χ4v) is 2.64. The number of hydrogen-bond donors (Lipinski definition) is 2. The van der Waals surface area contributed by atoms with Crippen molar-refractivity contribution in [3.05, 3.63) is 76.2 Å². The van der Waals surface area contributed by atoms with E-state index in [2.05, 4.69) is 32.6 Å². The van der Waals surface area contributed by atoms with Crippen molar-refractivity contribution >= 4 is 29.1 Å². The molecule has 0 atom stereocenters. The molecule has 2 heterocycles. The number of carbonyl (C=O) groups is 1. The lowest BCUT2D eigenvalue weighted by molar-refractivity contribution is 0.0958. The van der Waals surface area contributed by atoms with Crippen molar-refractivity contribution in [2.45, 2.75) is 6.54 Å². The topological polar surface area (TPSA) is 71.8 Å². The van der Waals surface area contributed by atoms with Crippen LogP contribution in [-0.2, 0) is 6.54 Å². The summed E-state index contributed by atoms with van der Waals surface area (Å²) in [5, 5.41) is 10.8. The third-order valence-electron chi connectivity index (χ3n) is 3.69. The molecule has 28 heavy (non-hydrogen) atoms. The summed E-state index contributed by atoms with van der Waals surface area (Å²) < 4.78 is 1.71. The lowest BCUT2D eigenvalue weighted by atomic mass is 10.2. The highest BCUT2D eigenvalue weighted by Gasteiger charge is 2.06. The number of hydrogen-bond acceptors (Lipinski definition) is 4. The maximum Gasteiger partial charge on any atom is 0.252 e. The van der Waals surface area contributed by atoms with Crippen LogP contribution in [0, 0.1) is 11.8 Å². The fraction of sp³-hybridized carbons (Fsp3) is 0.150. The second kappa shape index (κ2) is 9.90. The molecule has 0 saturated carbocycles. The predicted octanol–water partition coefficient (Wildman–Crippen LogP) is 3.10. The minimum Gasteiger partial charge on any atom is -0.341 e. The van der Waals surface area contributed by atoms with E-state index in [1.165, 1.54) is 6.07 Å². The van der Waals surface area contributed by atoms with Gasteiger partial charge in [0.15, 0.2) is 5.82 Å². The van der Waals surface area contributed by atoms with Crippen LogP contribution in [0.15, 0.2) is 54.9 Å². The van der Waals surface area contributed by atoms with Crippen molar-refractivity contribution in [3.63, 3.8) is 0 Å². The molecule has 0 bridgehead atoms. The normalized spacial score (nSPS) is 10.2. The van der Waals surface area contributed by atoms with Gasteiger partial charge in [-0.25, -0.2) is 9.67 Å². The zero-order valence-electron chi connectivity index (χ0n) is 14.8. The van der Waals surface area contributed by atoms with Crippen LogP contribution in [0.25, 0.3) is 5.82 Å². The summed E-state index contributed by atoms with van der Waals surface area (Å²) in [6.45, 7) is 1.31. The van der Waals surface area contributed by atoms with E-state index < -0.39 is 0 Å². The summed E-state index contributed by atoms with van der Waals surface area (Å²) >= 11 is 11.7. The molecule has 2 aromatic heterocycles. The molecule has 0 spiro atoms. The van der Waals surface area contributed by atoms with E-state index in [4.69, 9.17) is 23.2 Å². The Balaban J connectivity index is 1.40. The third-order valence-corrected chi connectivity index (χ3v) is 4.43. The van der Waals surface area contributed by atoms with Gasteiger partial charge in [-0.05, 0) is 36.4 Å². The van der Waals surface area contributed by atoms with Gasteiger partial charge in [0, 0.05) is 24.5 Å². The summed E-state index contributed by atoms with van der Waals surface area (Å²) in [7, 11) is 0. The van der Waals surface area contributed by atoms with Crippen molar-refractivity contribution in [2.24, 2.45) is 0 Å². The molecule has 0 aliphatic rings.